The molecule has 0 radical (unpaired) electrons. The molecule has 3 aromatic heterocycles. The zero-order valence-corrected chi connectivity index (χ0v) is 16.6. The Morgan fingerprint density at radius 3 is 2.86 bits per heavy atom. The molecule has 1 N–H and O–H groups in total. The molecule has 2 aromatic carbocycles. The molecule has 0 bridgehead atoms. The summed E-state index contributed by atoms with van der Waals surface area (Å²) >= 11 is 4.73. The molecule has 0 saturated heterocycles. The third-order valence-electron chi connectivity index (χ3n) is 4.09. The molecule has 0 atom stereocenters. The molecular formula is C19H11BrN4O3S. The van der Waals surface area contributed by atoms with Crippen LogP contribution in [0.4, 0.5) is 0 Å². The van der Waals surface area contributed by atoms with Crippen molar-refractivity contribution in [1.82, 2.24) is 20.2 Å². The lowest BCUT2D eigenvalue weighted by molar-refractivity contribution is 0.465. The maximum absolute atomic E-state index is 12.3. The van der Waals surface area contributed by atoms with Crippen LogP contribution in [0.3, 0.4) is 0 Å². The number of rotatable bonds is 4. The highest BCUT2D eigenvalue weighted by atomic mass is 79.9. The minimum absolute atomic E-state index is 0.227. The van der Waals surface area contributed by atoms with E-state index in [1.54, 1.807) is 0 Å². The number of fused-ring (bicyclic) bond motifs is 3. The summed E-state index contributed by atoms with van der Waals surface area (Å²) in [6, 6.07) is 15.1. The van der Waals surface area contributed by atoms with Crippen LogP contribution in [-0.2, 0) is 5.75 Å². The van der Waals surface area contributed by atoms with Gasteiger partial charge in [-0.2, -0.15) is 0 Å². The third kappa shape index (κ3) is 3.12. The minimum atomic E-state index is -0.308. The predicted molar refractivity (Wildman–Crippen MR) is 109 cm³/mol. The molecule has 0 saturated carbocycles. The topological polar surface area (TPSA) is 97.8 Å². The Morgan fingerprint density at radius 1 is 1.07 bits per heavy atom. The van der Waals surface area contributed by atoms with E-state index in [0.717, 1.165) is 15.4 Å². The van der Waals surface area contributed by atoms with E-state index >= 15 is 0 Å². The van der Waals surface area contributed by atoms with Crippen molar-refractivity contribution in [3.8, 4) is 11.5 Å². The lowest BCUT2D eigenvalue weighted by atomic mass is 10.2. The van der Waals surface area contributed by atoms with Crippen LogP contribution in [0.1, 0.15) is 5.82 Å². The first-order valence-corrected chi connectivity index (χ1v) is 10.1. The zero-order valence-electron chi connectivity index (χ0n) is 14.2. The summed E-state index contributed by atoms with van der Waals surface area (Å²) in [6.07, 6.45) is 0. The summed E-state index contributed by atoms with van der Waals surface area (Å²) in [4.78, 5) is 19.6. The van der Waals surface area contributed by atoms with E-state index in [1.807, 2.05) is 48.5 Å². The summed E-state index contributed by atoms with van der Waals surface area (Å²) in [5.74, 6) is 1.32. The molecule has 5 aromatic rings. The molecule has 5 rings (SSSR count). The van der Waals surface area contributed by atoms with Crippen molar-refractivity contribution in [2.75, 3.05) is 0 Å². The standard InChI is InChI=1S/C19H11BrN4O3S/c20-11-5-3-4-10(8-11)18-23-24-19(27-18)28-9-14-21-15-12-6-1-2-7-13(12)26-16(15)17(25)22-14/h1-8H,9H2,(H,21,22,25). The van der Waals surface area contributed by atoms with Gasteiger partial charge in [0.15, 0.2) is 0 Å². The van der Waals surface area contributed by atoms with Gasteiger partial charge in [-0.1, -0.05) is 45.9 Å². The van der Waals surface area contributed by atoms with Crippen molar-refractivity contribution in [2.45, 2.75) is 11.0 Å². The Bertz CT molecular complexity index is 1370. The zero-order chi connectivity index (χ0) is 19.1. The molecule has 0 spiro atoms. The Balaban J connectivity index is 1.42. The van der Waals surface area contributed by atoms with Crippen molar-refractivity contribution in [2.24, 2.45) is 0 Å². The number of benzene rings is 2. The molecule has 0 fully saturated rings. The van der Waals surface area contributed by atoms with Gasteiger partial charge < -0.3 is 13.8 Å². The summed E-state index contributed by atoms with van der Waals surface area (Å²) in [7, 11) is 0. The first-order valence-electron chi connectivity index (χ1n) is 8.30. The Kier molecular flexibility index (Phi) is 4.25. The first-order chi connectivity index (χ1) is 13.7. The van der Waals surface area contributed by atoms with Gasteiger partial charge >= 0.3 is 0 Å². The second-order valence-electron chi connectivity index (χ2n) is 5.96. The average molecular weight is 455 g/mol. The van der Waals surface area contributed by atoms with Gasteiger partial charge in [0, 0.05) is 15.4 Å². The van der Waals surface area contributed by atoms with Gasteiger partial charge in [0.05, 0.1) is 5.75 Å². The smallest absolute Gasteiger partial charge is 0.294 e. The van der Waals surface area contributed by atoms with Gasteiger partial charge in [-0.15, -0.1) is 10.2 Å². The van der Waals surface area contributed by atoms with Crippen LogP contribution in [0.15, 0.2) is 71.9 Å². The van der Waals surface area contributed by atoms with Crippen molar-refractivity contribution < 1.29 is 8.83 Å². The van der Waals surface area contributed by atoms with Gasteiger partial charge in [0.1, 0.15) is 16.9 Å². The van der Waals surface area contributed by atoms with Crippen molar-refractivity contribution >= 4 is 49.8 Å². The van der Waals surface area contributed by atoms with E-state index in [-0.39, 0.29) is 11.1 Å². The second-order valence-corrected chi connectivity index (χ2v) is 7.80. The summed E-state index contributed by atoms with van der Waals surface area (Å²) in [5, 5.41) is 9.34. The molecule has 28 heavy (non-hydrogen) atoms. The number of nitrogens with one attached hydrogen (secondary N) is 1. The number of thioether (sulfide) groups is 1. The molecule has 0 aliphatic rings. The van der Waals surface area contributed by atoms with E-state index in [1.165, 1.54) is 11.8 Å². The summed E-state index contributed by atoms with van der Waals surface area (Å²) in [6.45, 7) is 0. The van der Waals surface area contributed by atoms with Crippen molar-refractivity contribution in [3.05, 3.63) is 69.2 Å². The van der Waals surface area contributed by atoms with Crippen LogP contribution < -0.4 is 5.56 Å². The van der Waals surface area contributed by atoms with E-state index in [0.29, 0.717) is 33.8 Å². The number of nitrogens with zero attached hydrogens (tertiary/aromatic N) is 3. The number of H-pyrrole nitrogens is 1. The van der Waals surface area contributed by atoms with Crippen LogP contribution in [0.5, 0.6) is 0 Å². The monoisotopic (exact) mass is 454 g/mol. The Labute approximate surface area is 170 Å². The van der Waals surface area contributed by atoms with Crippen molar-refractivity contribution in [1.29, 1.82) is 0 Å². The number of aromatic amines is 1. The van der Waals surface area contributed by atoms with Gasteiger partial charge in [0.25, 0.3) is 10.8 Å². The predicted octanol–water partition coefficient (Wildman–Crippen LogP) is 4.77. The fraction of sp³-hybridized carbons (Fsp3) is 0.0526. The van der Waals surface area contributed by atoms with E-state index in [9.17, 15) is 4.79 Å². The number of halogens is 1. The molecule has 7 nitrogen and oxygen atoms in total. The van der Waals surface area contributed by atoms with Gasteiger partial charge in [-0.05, 0) is 30.3 Å². The lowest BCUT2D eigenvalue weighted by Crippen LogP contribution is -2.10. The number of para-hydroxylation sites is 1. The Morgan fingerprint density at radius 2 is 1.96 bits per heavy atom. The van der Waals surface area contributed by atoms with Crippen LogP contribution in [0.2, 0.25) is 0 Å². The average Bonchev–Trinajstić information content (AvgIpc) is 3.32. The number of hydrogen-bond donors (Lipinski definition) is 1. The SMILES string of the molecule is O=c1[nH]c(CSc2nnc(-c3cccc(Br)c3)o2)nc2c1oc1ccccc12. The van der Waals surface area contributed by atoms with Crippen LogP contribution in [0.25, 0.3) is 33.5 Å². The molecule has 9 heteroatoms. The molecular weight excluding hydrogens is 444 g/mol. The van der Waals surface area contributed by atoms with Gasteiger partial charge in [-0.3, -0.25) is 4.79 Å². The number of aromatic nitrogens is 4. The largest absolute Gasteiger partial charge is 0.449 e. The fourth-order valence-electron chi connectivity index (χ4n) is 2.85. The van der Waals surface area contributed by atoms with Crippen LogP contribution >= 0.6 is 27.7 Å². The van der Waals surface area contributed by atoms with Gasteiger partial charge in [-0.25, -0.2) is 4.98 Å². The molecule has 3 heterocycles. The van der Waals surface area contributed by atoms with Crippen molar-refractivity contribution in [3.63, 3.8) is 0 Å². The van der Waals surface area contributed by atoms with Crippen LogP contribution in [0, 0.1) is 0 Å². The second kappa shape index (κ2) is 6.92. The highest BCUT2D eigenvalue weighted by molar-refractivity contribution is 9.10. The quantitative estimate of drug-likeness (QED) is 0.390. The highest BCUT2D eigenvalue weighted by Gasteiger charge is 2.14. The summed E-state index contributed by atoms with van der Waals surface area (Å²) in [5.41, 5.74) is 1.93. The molecule has 138 valence electrons. The fourth-order valence-corrected chi connectivity index (χ4v) is 3.88. The molecule has 0 aliphatic carbocycles. The van der Waals surface area contributed by atoms with Crippen LogP contribution in [-0.4, -0.2) is 20.2 Å². The Hall–Kier alpha value is -2.91. The maximum atomic E-state index is 12.3. The normalized spacial score (nSPS) is 11.5. The third-order valence-corrected chi connectivity index (χ3v) is 5.41. The van der Waals surface area contributed by atoms with E-state index in [4.69, 9.17) is 8.83 Å². The first kappa shape index (κ1) is 17.2. The molecule has 0 amide bonds. The minimum Gasteiger partial charge on any atom is -0.449 e. The van der Waals surface area contributed by atoms with E-state index < -0.39 is 0 Å². The highest BCUT2D eigenvalue weighted by Crippen LogP contribution is 2.28. The molecule has 0 unspecified atom stereocenters. The lowest BCUT2D eigenvalue weighted by Gasteiger charge is -1.98. The van der Waals surface area contributed by atoms with Gasteiger partial charge in [0.2, 0.25) is 11.5 Å². The maximum Gasteiger partial charge on any atom is 0.294 e. The molecule has 0 aliphatic heterocycles. The summed E-state index contributed by atoms with van der Waals surface area (Å²) < 4.78 is 12.2. The number of furan rings is 1. The van der Waals surface area contributed by atoms with E-state index in [2.05, 4.69) is 36.1 Å². The number of hydrogen-bond acceptors (Lipinski definition) is 7.